The number of aromatic nitrogens is 6. The second kappa shape index (κ2) is 6.26. The Labute approximate surface area is 157 Å². The molecule has 5 heterocycles. The number of carbonyl (C=O) groups excluding carboxylic acids is 1. The van der Waals surface area contributed by atoms with E-state index in [2.05, 4.69) is 20.3 Å². The fourth-order valence-electron chi connectivity index (χ4n) is 2.90. The molecule has 27 heavy (non-hydrogen) atoms. The number of rotatable bonds is 4. The zero-order valence-electron chi connectivity index (χ0n) is 13.9. The lowest BCUT2D eigenvalue weighted by Crippen LogP contribution is -1.95. The van der Waals surface area contributed by atoms with Crippen LogP contribution < -0.4 is 0 Å². The maximum absolute atomic E-state index is 11.4. The Bertz CT molecular complexity index is 1240. The fraction of sp³-hybridized carbons (Fsp3) is 0. The Morgan fingerprint density at radius 2 is 1.96 bits per heavy atom. The van der Waals surface area contributed by atoms with Crippen LogP contribution in [-0.4, -0.2) is 36.1 Å². The van der Waals surface area contributed by atoms with Gasteiger partial charge in [0.1, 0.15) is 12.0 Å². The zero-order valence-corrected chi connectivity index (χ0v) is 14.7. The highest BCUT2D eigenvalue weighted by Gasteiger charge is 2.14. The van der Waals surface area contributed by atoms with Crippen LogP contribution in [0.4, 0.5) is 0 Å². The lowest BCUT2D eigenvalue weighted by Gasteiger charge is -2.04. The minimum Gasteiger partial charge on any atom is -0.298 e. The van der Waals surface area contributed by atoms with Crippen molar-refractivity contribution in [3.63, 3.8) is 0 Å². The third kappa shape index (κ3) is 2.72. The molecular weight excluding hydrogens is 360 g/mol. The summed E-state index contributed by atoms with van der Waals surface area (Å²) >= 11 is 1.63. The van der Waals surface area contributed by atoms with Crippen LogP contribution >= 0.6 is 11.3 Å². The maximum Gasteiger partial charge on any atom is 0.165 e. The van der Waals surface area contributed by atoms with Crippen molar-refractivity contribution in [2.75, 3.05) is 0 Å². The van der Waals surface area contributed by atoms with Crippen LogP contribution in [0.2, 0.25) is 0 Å². The van der Waals surface area contributed by atoms with Crippen LogP contribution in [0.3, 0.4) is 0 Å². The van der Waals surface area contributed by atoms with Gasteiger partial charge in [0, 0.05) is 18.0 Å². The summed E-state index contributed by atoms with van der Waals surface area (Å²) < 4.78 is 1.70. The van der Waals surface area contributed by atoms with Gasteiger partial charge >= 0.3 is 0 Å². The van der Waals surface area contributed by atoms with E-state index in [0.717, 1.165) is 22.4 Å². The zero-order chi connectivity index (χ0) is 18.2. The second-order valence-electron chi connectivity index (χ2n) is 5.86. The highest BCUT2D eigenvalue weighted by atomic mass is 32.1. The number of aldehydes is 1. The first-order valence-corrected chi connectivity index (χ1v) is 9.06. The van der Waals surface area contributed by atoms with Gasteiger partial charge in [-0.05, 0) is 35.7 Å². The Balaban J connectivity index is 1.70. The molecule has 0 fully saturated rings. The maximum atomic E-state index is 11.4. The monoisotopic (exact) mass is 372 g/mol. The molecule has 5 rings (SSSR count). The van der Waals surface area contributed by atoms with Crippen LogP contribution in [0.15, 0.2) is 60.4 Å². The number of hydrogen-bond donors (Lipinski definition) is 1. The van der Waals surface area contributed by atoms with E-state index >= 15 is 0 Å². The number of aromatic amines is 1. The Hall–Kier alpha value is -3.65. The van der Waals surface area contributed by atoms with E-state index in [1.165, 1.54) is 0 Å². The van der Waals surface area contributed by atoms with Crippen molar-refractivity contribution >= 4 is 23.3 Å². The number of thiophene rings is 1. The quantitative estimate of drug-likeness (QED) is 0.486. The number of carbonyl (C=O) groups is 1. The van der Waals surface area contributed by atoms with Crippen LogP contribution in [0.5, 0.6) is 0 Å². The van der Waals surface area contributed by atoms with Crippen LogP contribution in [0, 0.1) is 0 Å². The lowest BCUT2D eigenvalue weighted by atomic mass is 10.1. The highest BCUT2D eigenvalue weighted by Crippen LogP contribution is 2.28. The van der Waals surface area contributed by atoms with E-state index in [4.69, 9.17) is 4.98 Å². The number of fused-ring (bicyclic) bond motifs is 1. The minimum absolute atomic E-state index is 0.520. The van der Waals surface area contributed by atoms with Gasteiger partial charge < -0.3 is 0 Å². The van der Waals surface area contributed by atoms with Gasteiger partial charge in [-0.25, -0.2) is 14.5 Å². The van der Waals surface area contributed by atoms with Gasteiger partial charge in [0.15, 0.2) is 5.65 Å². The first-order chi connectivity index (χ1) is 13.3. The van der Waals surface area contributed by atoms with Crippen molar-refractivity contribution in [1.29, 1.82) is 0 Å². The third-order valence-corrected chi connectivity index (χ3v) is 5.06. The normalized spacial score (nSPS) is 11.1. The predicted molar refractivity (Wildman–Crippen MR) is 103 cm³/mol. The van der Waals surface area contributed by atoms with Crippen molar-refractivity contribution in [3.8, 4) is 33.2 Å². The summed E-state index contributed by atoms with van der Waals surface area (Å²) in [6.07, 6.45) is 6.11. The Morgan fingerprint density at radius 3 is 2.74 bits per heavy atom. The average molecular weight is 372 g/mol. The lowest BCUT2D eigenvalue weighted by molar-refractivity contribution is 0.112. The first-order valence-electron chi connectivity index (χ1n) is 8.18. The molecule has 0 saturated carbocycles. The van der Waals surface area contributed by atoms with Crippen molar-refractivity contribution in [2.24, 2.45) is 0 Å². The molecule has 8 heteroatoms. The molecule has 0 atom stereocenters. The molecule has 0 bridgehead atoms. The summed E-state index contributed by atoms with van der Waals surface area (Å²) in [5.74, 6) is 0. The second-order valence-corrected chi connectivity index (χ2v) is 6.81. The molecule has 0 aliphatic heterocycles. The van der Waals surface area contributed by atoms with Crippen molar-refractivity contribution in [1.82, 2.24) is 29.8 Å². The topological polar surface area (TPSA) is 88.8 Å². The largest absolute Gasteiger partial charge is 0.298 e. The molecule has 5 aromatic heterocycles. The molecule has 130 valence electrons. The van der Waals surface area contributed by atoms with Crippen molar-refractivity contribution < 1.29 is 4.79 Å². The number of hydrogen-bond acceptors (Lipinski definition) is 6. The van der Waals surface area contributed by atoms with Gasteiger partial charge in [-0.1, -0.05) is 6.07 Å². The molecule has 1 N–H and O–H groups in total. The van der Waals surface area contributed by atoms with Gasteiger partial charge in [-0.15, -0.1) is 11.3 Å². The van der Waals surface area contributed by atoms with Crippen molar-refractivity contribution in [2.45, 2.75) is 0 Å². The van der Waals surface area contributed by atoms with E-state index in [0.29, 0.717) is 28.3 Å². The molecule has 0 radical (unpaired) electrons. The van der Waals surface area contributed by atoms with Crippen LogP contribution in [0.25, 0.3) is 38.9 Å². The molecule has 0 unspecified atom stereocenters. The first kappa shape index (κ1) is 15.6. The van der Waals surface area contributed by atoms with Gasteiger partial charge in [-0.2, -0.15) is 10.2 Å². The number of H-pyrrole nitrogens is 1. The van der Waals surface area contributed by atoms with Gasteiger partial charge in [0.05, 0.1) is 33.7 Å². The van der Waals surface area contributed by atoms with Gasteiger partial charge in [0.25, 0.3) is 0 Å². The number of pyridine rings is 1. The molecule has 0 saturated heterocycles. The Kier molecular flexibility index (Phi) is 3.61. The van der Waals surface area contributed by atoms with Crippen LogP contribution in [-0.2, 0) is 0 Å². The summed E-state index contributed by atoms with van der Waals surface area (Å²) in [5.41, 5.74) is 4.75. The van der Waals surface area contributed by atoms with E-state index in [-0.39, 0.29) is 0 Å². The van der Waals surface area contributed by atoms with E-state index in [1.807, 2.05) is 35.8 Å². The highest BCUT2D eigenvalue weighted by molar-refractivity contribution is 7.13. The summed E-state index contributed by atoms with van der Waals surface area (Å²) in [4.78, 5) is 22.0. The smallest absolute Gasteiger partial charge is 0.165 e. The molecule has 0 aliphatic carbocycles. The Morgan fingerprint density at radius 1 is 1.04 bits per heavy atom. The molecule has 0 aliphatic rings. The van der Waals surface area contributed by atoms with E-state index in [9.17, 15) is 4.79 Å². The number of nitrogens with one attached hydrogen (secondary N) is 1. The average Bonchev–Trinajstić information content (AvgIpc) is 3.48. The fourth-order valence-corrected chi connectivity index (χ4v) is 3.60. The SMILES string of the molecule is O=Cc1cc(-c2cc[nH]n2)nc(-c2cnn3ccc(-c4cccs4)nc23)c1. The summed E-state index contributed by atoms with van der Waals surface area (Å²) in [5, 5.41) is 13.3. The summed E-state index contributed by atoms with van der Waals surface area (Å²) in [7, 11) is 0. The number of nitrogens with zero attached hydrogens (tertiary/aromatic N) is 5. The molecular formula is C19H12N6OS. The van der Waals surface area contributed by atoms with Gasteiger partial charge in [0.2, 0.25) is 0 Å². The van der Waals surface area contributed by atoms with Crippen molar-refractivity contribution in [3.05, 3.63) is 65.9 Å². The molecule has 0 spiro atoms. The summed E-state index contributed by atoms with van der Waals surface area (Å²) in [6.45, 7) is 0. The molecule has 0 amide bonds. The minimum atomic E-state index is 0.520. The third-order valence-electron chi connectivity index (χ3n) is 4.17. The molecule has 7 nitrogen and oxygen atoms in total. The molecule has 5 aromatic rings. The summed E-state index contributed by atoms with van der Waals surface area (Å²) in [6, 6.07) is 11.2. The van der Waals surface area contributed by atoms with E-state index in [1.54, 1.807) is 40.4 Å². The predicted octanol–water partition coefficient (Wildman–Crippen LogP) is 3.72. The molecule has 0 aromatic carbocycles. The van der Waals surface area contributed by atoms with Crippen LogP contribution in [0.1, 0.15) is 10.4 Å². The van der Waals surface area contributed by atoms with Gasteiger partial charge in [-0.3, -0.25) is 9.89 Å². The van der Waals surface area contributed by atoms with E-state index < -0.39 is 0 Å². The standard InChI is InChI=1S/C19H12N6OS/c26-11-12-8-16(22-17(9-12)14-3-5-20-24-14)13-10-21-25-6-4-15(23-19(13)25)18-2-1-7-27-18/h1-11H,(H,20,24).